The first kappa shape index (κ1) is 12.9. The Balaban J connectivity index is 0.00000225. The van der Waals surface area contributed by atoms with Crippen LogP contribution in [0.5, 0.6) is 0 Å². The van der Waals surface area contributed by atoms with Crippen LogP contribution in [0.3, 0.4) is 0 Å². The summed E-state index contributed by atoms with van der Waals surface area (Å²) in [5.41, 5.74) is 0. The van der Waals surface area contributed by atoms with Crippen LogP contribution in [-0.4, -0.2) is 66.1 Å². The lowest BCUT2D eigenvalue weighted by Gasteiger charge is -2.26. The molecule has 5 heteroatoms. The quantitative estimate of drug-likeness (QED) is 0.648. The Morgan fingerprint density at radius 2 is 2.00 bits per heavy atom. The fourth-order valence-electron chi connectivity index (χ4n) is 1.88. The van der Waals surface area contributed by atoms with E-state index in [-0.39, 0.29) is 25.8 Å². The van der Waals surface area contributed by atoms with Crippen molar-refractivity contribution in [2.75, 3.05) is 41.7 Å². The van der Waals surface area contributed by atoms with Crippen molar-refractivity contribution in [2.24, 2.45) is 0 Å². The van der Waals surface area contributed by atoms with E-state index in [1.165, 1.54) is 0 Å². The second kappa shape index (κ2) is 6.40. The summed E-state index contributed by atoms with van der Waals surface area (Å²) in [6.45, 7) is 1.01. The minimum Gasteiger partial charge on any atom is -0.382 e. The van der Waals surface area contributed by atoms with Gasteiger partial charge in [0.05, 0.1) is 13.2 Å². The molecule has 0 amide bonds. The minimum atomic E-state index is -0.134. The maximum absolute atomic E-state index is 5.61. The predicted molar refractivity (Wildman–Crippen MR) is 56.1 cm³/mol. The fourth-order valence-corrected chi connectivity index (χ4v) is 1.88. The molecule has 0 saturated carbocycles. The van der Waals surface area contributed by atoms with Gasteiger partial charge < -0.3 is 23.7 Å². The van der Waals surface area contributed by atoms with Crippen LogP contribution in [0.15, 0.2) is 0 Å². The van der Waals surface area contributed by atoms with Gasteiger partial charge in [0.1, 0.15) is 24.4 Å². The van der Waals surface area contributed by atoms with Gasteiger partial charge in [-0.05, 0) is 0 Å². The summed E-state index contributed by atoms with van der Waals surface area (Å²) in [6, 6.07) is 0. The molecule has 0 aromatic heterocycles. The summed E-state index contributed by atoms with van der Waals surface area (Å²) in [7, 11) is 6.58. The molecule has 0 radical (unpaired) electrons. The number of methoxy groups -OCH3 is 4. The Morgan fingerprint density at radius 1 is 1.27 bits per heavy atom. The van der Waals surface area contributed by atoms with Crippen LogP contribution in [0.25, 0.3) is 0 Å². The molecule has 0 spiro atoms. The molecule has 4 atom stereocenters. The number of hydrogen-bond acceptors (Lipinski definition) is 5. The highest BCUT2D eigenvalue weighted by atomic mass is 16.6. The van der Waals surface area contributed by atoms with Gasteiger partial charge in [-0.3, -0.25) is 0 Å². The van der Waals surface area contributed by atoms with Crippen LogP contribution < -0.4 is 0 Å². The molecule has 5 nitrogen and oxygen atoms in total. The third kappa shape index (κ3) is 2.89. The van der Waals surface area contributed by atoms with Crippen molar-refractivity contribution in [3.63, 3.8) is 0 Å². The molecule has 1 fully saturated rings. The molecule has 1 aliphatic rings. The second-order valence-corrected chi connectivity index (χ2v) is 3.50. The van der Waals surface area contributed by atoms with Crippen molar-refractivity contribution < 1.29 is 25.1 Å². The lowest BCUT2D eigenvalue weighted by atomic mass is 10.1. The maximum atomic E-state index is 5.61. The van der Waals surface area contributed by atoms with Gasteiger partial charge in [-0.15, -0.1) is 0 Å². The van der Waals surface area contributed by atoms with E-state index in [0.717, 1.165) is 0 Å². The minimum absolute atomic E-state index is 0. The Kier molecular flexibility index (Phi) is 5.49. The number of rotatable bonds is 6. The molecule has 1 heterocycles. The Morgan fingerprint density at radius 3 is 2.47 bits per heavy atom. The van der Waals surface area contributed by atoms with Crippen LogP contribution in [-0.2, 0) is 23.7 Å². The van der Waals surface area contributed by atoms with Crippen molar-refractivity contribution in [1.82, 2.24) is 0 Å². The van der Waals surface area contributed by atoms with Gasteiger partial charge in [-0.1, -0.05) is 0 Å². The molecule has 92 valence electrons. The fraction of sp³-hybridized carbons (Fsp3) is 1.00. The van der Waals surface area contributed by atoms with Crippen LogP contribution in [0.4, 0.5) is 0 Å². The van der Waals surface area contributed by atoms with Crippen LogP contribution >= 0.6 is 0 Å². The summed E-state index contributed by atoms with van der Waals surface area (Å²) in [6.07, 6.45) is -0.394. The molecular weight excluding hydrogens is 200 g/mol. The van der Waals surface area contributed by atoms with Gasteiger partial charge in [0, 0.05) is 29.9 Å². The third-order valence-corrected chi connectivity index (χ3v) is 2.72. The van der Waals surface area contributed by atoms with Gasteiger partial charge in [0.15, 0.2) is 0 Å². The van der Waals surface area contributed by atoms with E-state index in [1.54, 1.807) is 28.4 Å². The van der Waals surface area contributed by atoms with E-state index in [4.69, 9.17) is 23.7 Å². The van der Waals surface area contributed by atoms with Gasteiger partial charge in [0.2, 0.25) is 0 Å². The summed E-state index contributed by atoms with van der Waals surface area (Å²) < 4.78 is 26.6. The zero-order valence-corrected chi connectivity index (χ0v) is 9.76. The van der Waals surface area contributed by atoms with Crippen molar-refractivity contribution in [2.45, 2.75) is 24.4 Å². The van der Waals surface area contributed by atoms with Gasteiger partial charge in [-0.2, -0.15) is 0 Å². The van der Waals surface area contributed by atoms with Crippen LogP contribution in [0.1, 0.15) is 1.43 Å². The Bertz CT molecular complexity index is 181. The predicted octanol–water partition coefficient (Wildman–Crippen LogP) is 0.323. The maximum Gasteiger partial charge on any atom is 0.115 e. The zero-order chi connectivity index (χ0) is 11.3. The average Bonchev–Trinajstić information content (AvgIpc) is 2.68. The van der Waals surface area contributed by atoms with Crippen LogP contribution in [0, 0.1) is 0 Å². The van der Waals surface area contributed by atoms with Crippen molar-refractivity contribution in [3.05, 3.63) is 0 Å². The molecule has 0 aromatic carbocycles. The van der Waals surface area contributed by atoms with Crippen molar-refractivity contribution >= 4 is 0 Å². The molecule has 1 rings (SSSR count). The van der Waals surface area contributed by atoms with Gasteiger partial charge >= 0.3 is 0 Å². The molecule has 0 N–H and O–H groups in total. The van der Waals surface area contributed by atoms with Crippen molar-refractivity contribution in [1.29, 1.82) is 0 Å². The standard InChI is InChI=1S/C10H20O5.H2/c1-11-5-7(12-2)10-9(14-4)8(13-3)6-15-10;/h7-10H,5-6H2,1-4H3;1H. The third-order valence-electron chi connectivity index (χ3n) is 2.72. The highest BCUT2D eigenvalue weighted by molar-refractivity contribution is 4.90. The Hall–Kier alpha value is -0.200. The van der Waals surface area contributed by atoms with E-state index >= 15 is 0 Å². The molecule has 0 aliphatic carbocycles. The average molecular weight is 222 g/mol. The molecule has 1 aliphatic heterocycles. The van der Waals surface area contributed by atoms with E-state index in [9.17, 15) is 0 Å². The number of hydrogen-bond donors (Lipinski definition) is 0. The smallest absolute Gasteiger partial charge is 0.115 e. The monoisotopic (exact) mass is 222 g/mol. The second-order valence-electron chi connectivity index (χ2n) is 3.50. The normalized spacial score (nSPS) is 33.2. The van der Waals surface area contributed by atoms with Gasteiger partial charge in [0.25, 0.3) is 0 Å². The van der Waals surface area contributed by atoms with E-state index in [1.807, 2.05) is 0 Å². The van der Waals surface area contributed by atoms with Crippen LogP contribution in [0.2, 0.25) is 0 Å². The molecule has 4 unspecified atom stereocenters. The van der Waals surface area contributed by atoms with E-state index < -0.39 is 0 Å². The zero-order valence-electron chi connectivity index (χ0n) is 9.76. The molecular formula is C10H22O5. The topological polar surface area (TPSA) is 46.2 Å². The SMILES string of the molecule is COCC(OC)C1OCC(OC)C1OC.[HH]. The first-order valence-electron chi connectivity index (χ1n) is 4.97. The van der Waals surface area contributed by atoms with E-state index in [2.05, 4.69) is 0 Å². The number of ether oxygens (including phenoxy) is 5. The summed E-state index contributed by atoms with van der Waals surface area (Å²) in [4.78, 5) is 0. The van der Waals surface area contributed by atoms with Gasteiger partial charge in [-0.25, -0.2) is 0 Å². The highest BCUT2D eigenvalue weighted by Gasteiger charge is 2.42. The lowest BCUT2D eigenvalue weighted by molar-refractivity contribution is -0.102. The summed E-state index contributed by atoms with van der Waals surface area (Å²) in [5, 5.41) is 0. The summed E-state index contributed by atoms with van der Waals surface area (Å²) in [5.74, 6) is 0. The molecule has 15 heavy (non-hydrogen) atoms. The first-order valence-corrected chi connectivity index (χ1v) is 4.97. The van der Waals surface area contributed by atoms with Crippen molar-refractivity contribution in [3.8, 4) is 0 Å². The van der Waals surface area contributed by atoms with E-state index in [0.29, 0.717) is 13.2 Å². The lowest BCUT2D eigenvalue weighted by Crippen LogP contribution is -2.43. The molecule has 0 bridgehead atoms. The highest BCUT2D eigenvalue weighted by Crippen LogP contribution is 2.23. The summed E-state index contributed by atoms with van der Waals surface area (Å²) >= 11 is 0. The molecule has 1 saturated heterocycles. The Labute approximate surface area is 92.1 Å². The first-order chi connectivity index (χ1) is 7.28. The molecule has 0 aromatic rings. The largest absolute Gasteiger partial charge is 0.382 e.